The van der Waals surface area contributed by atoms with Gasteiger partial charge in [0.25, 0.3) is 0 Å². The highest BCUT2D eigenvalue weighted by atomic mass is 32.1. The number of aliphatic carboxylic acids is 1. The van der Waals surface area contributed by atoms with E-state index < -0.39 is 5.97 Å². The summed E-state index contributed by atoms with van der Waals surface area (Å²) >= 11 is 1.83. The minimum atomic E-state index is -0.714. The van der Waals surface area contributed by atoms with Crippen LogP contribution in [0, 0.1) is 0 Å². The fourth-order valence-electron chi connectivity index (χ4n) is 3.26. The smallest absolute Gasteiger partial charge is 0.303 e. The van der Waals surface area contributed by atoms with E-state index in [-0.39, 0.29) is 6.42 Å². The van der Waals surface area contributed by atoms with E-state index in [1.165, 1.54) is 31.7 Å². The highest BCUT2D eigenvalue weighted by molar-refractivity contribution is 7.19. The van der Waals surface area contributed by atoms with Crippen LogP contribution in [0.3, 0.4) is 0 Å². The van der Waals surface area contributed by atoms with Gasteiger partial charge in [0.1, 0.15) is 0 Å². The Kier molecular flexibility index (Phi) is 6.42. The second kappa shape index (κ2) is 8.97. The molecule has 3 aromatic rings. The van der Waals surface area contributed by atoms with Gasteiger partial charge in [0.15, 0.2) is 0 Å². The normalized spacial score (nSPS) is 11.1. The number of thiophene rings is 1. The molecule has 2 N–H and O–H groups in total. The lowest BCUT2D eigenvalue weighted by atomic mass is 9.96. The van der Waals surface area contributed by atoms with Gasteiger partial charge in [-0.3, -0.25) is 4.79 Å². The summed E-state index contributed by atoms with van der Waals surface area (Å²) in [6.45, 7) is 3.89. The lowest BCUT2D eigenvalue weighted by Gasteiger charge is -2.09. The van der Waals surface area contributed by atoms with Crippen molar-refractivity contribution in [3.63, 3.8) is 0 Å². The van der Waals surface area contributed by atoms with Gasteiger partial charge in [-0.15, -0.1) is 11.3 Å². The van der Waals surface area contributed by atoms with Crippen LogP contribution < -0.4 is 5.32 Å². The maximum absolute atomic E-state index is 10.5. The Balaban J connectivity index is 1.72. The van der Waals surface area contributed by atoms with Crippen LogP contribution in [0.25, 0.3) is 21.2 Å². The standard InChI is InChI=1S/C22H25NO2S/c1-2-16-8-3-4-9-18(16)19-10-7-11-21-20(19)14-17(26-21)15-23-13-6-5-12-22(24)25/h3-4,7-11,14,23H,2,5-6,12-13,15H2,1H3,(H,24,25). The van der Waals surface area contributed by atoms with Crippen molar-refractivity contribution in [3.8, 4) is 11.1 Å². The van der Waals surface area contributed by atoms with Gasteiger partial charge in [0.05, 0.1) is 0 Å². The maximum atomic E-state index is 10.5. The molecule has 1 heterocycles. The number of hydrogen-bond acceptors (Lipinski definition) is 3. The first kappa shape index (κ1) is 18.6. The minimum absolute atomic E-state index is 0.255. The van der Waals surface area contributed by atoms with E-state index in [4.69, 9.17) is 5.11 Å². The van der Waals surface area contributed by atoms with E-state index in [0.717, 1.165) is 32.4 Å². The van der Waals surface area contributed by atoms with Crippen molar-refractivity contribution in [1.82, 2.24) is 5.32 Å². The second-order valence-electron chi connectivity index (χ2n) is 6.47. The maximum Gasteiger partial charge on any atom is 0.303 e. The highest BCUT2D eigenvalue weighted by Gasteiger charge is 2.10. The number of carboxylic acid groups (broad SMARTS) is 1. The summed E-state index contributed by atoms with van der Waals surface area (Å²) < 4.78 is 1.32. The lowest BCUT2D eigenvalue weighted by Crippen LogP contribution is -2.14. The molecule has 1 aromatic heterocycles. The molecule has 0 saturated carbocycles. The Labute approximate surface area is 158 Å². The third kappa shape index (κ3) is 4.51. The van der Waals surface area contributed by atoms with Gasteiger partial charge in [0, 0.05) is 27.9 Å². The molecular formula is C22H25NO2S. The predicted molar refractivity (Wildman–Crippen MR) is 110 cm³/mol. The van der Waals surface area contributed by atoms with Crippen LogP contribution >= 0.6 is 11.3 Å². The van der Waals surface area contributed by atoms with Gasteiger partial charge in [-0.05, 0) is 54.6 Å². The predicted octanol–water partition coefficient (Wildman–Crippen LogP) is 5.48. The zero-order chi connectivity index (χ0) is 18.4. The summed E-state index contributed by atoms with van der Waals surface area (Å²) in [5, 5.41) is 13.4. The number of carboxylic acids is 1. The molecule has 0 atom stereocenters. The van der Waals surface area contributed by atoms with Crippen molar-refractivity contribution in [2.45, 2.75) is 39.2 Å². The van der Waals surface area contributed by atoms with Crippen molar-refractivity contribution >= 4 is 27.4 Å². The molecule has 136 valence electrons. The zero-order valence-corrected chi connectivity index (χ0v) is 15.9. The van der Waals surface area contributed by atoms with Gasteiger partial charge in [0.2, 0.25) is 0 Å². The Morgan fingerprint density at radius 2 is 1.88 bits per heavy atom. The monoisotopic (exact) mass is 367 g/mol. The molecule has 0 bridgehead atoms. The first-order valence-electron chi connectivity index (χ1n) is 9.21. The van der Waals surface area contributed by atoms with Crippen LogP contribution in [-0.2, 0) is 17.8 Å². The number of hydrogen-bond donors (Lipinski definition) is 2. The van der Waals surface area contributed by atoms with Crippen molar-refractivity contribution in [2.24, 2.45) is 0 Å². The SMILES string of the molecule is CCc1ccccc1-c1cccc2sc(CNCCCCC(=O)O)cc12. The molecule has 3 nitrogen and oxygen atoms in total. The van der Waals surface area contributed by atoms with Crippen LogP contribution in [0.15, 0.2) is 48.5 Å². The van der Waals surface area contributed by atoms with Crippen LogP contribution in [0.5, 0.6) is 0 Å². The zero-order valence-electron chi connectivity index (χ0n) is 15.1. The Morgan fingerprint density at radius 3 is 2.69 bits per heavy atom. The van der Waals surface area contributed by atoms with Gasteiger partial charge in [-0.25, -0.2) is 0 Å². The number of unbranched alkanes of at least 4 members (excludes halogenated alkanes) is 1. The summed E-state index contributed by atoms with van der Waals surface area (Å²) in [4.78, 5) is 11.8. The molecule has 0 fully saturated rings. The molecule has 26 heavy (non-hydrogen) atoms. The van der Waals surface area contributed by atoms with E-state index in [9.17, 15) is 4.79 Å². The quantitative estimate of drug-likeness (QED) is 0.493. The first-order valence-corrected chi connectivity index (χ1v) is 10.0. The molecule has 0 spiro atoms. The van der Waals surface area contributed by atoms with Gasteiger partial charge in [-0.1, -0.05) is 43.3 Å². The van der Waals surface area contributed by atoms with E-state index in [2.05, 4.69) is 60.8 Å². The number of carbonyl (C=O) groups is 1. The molecular weight excluding hydrogens is 342 g/mol. The van der Waals surface area contributed by atoms with Gasteiger partial charge >= 0.3 is 5.97 Å². The molecule has 3 rings (SSSR count). The average Bonchev–Trinajstić information content (AvgIpc) is 3.07. The molecule has 0 aliphatic carbocycles. The molecule has 0 radical (unpaired) electrons. The number of nitrogens with one attached hydrogen (secondary N) is 1. The van der Waals surface area contributed by atoms with E-state index in [0.29, 0.717) is 0 Å². The van der Waals surface area contributed by atoms with E-state index in [1.807, 2.05) is 11.3 Å². The molecule has 0 unspecified atom stereocenters. The highest BCUT2D eigenvalue weighted by Crippen LogP contribution is 2.35. The molecule has 0 aliphatic rings. The summed E-state index contributed by atoms with van der Waals surface area (Å²) in [6, 6.07) is 17.5. The second-order valence-corrected chi connectivity index (χ2v) is 7.64. The Morgan fingerprint density at radius 1 is 1.08 bits per heavy atom. The summed E-state index contributed by atoms with van der Waals surface area (Å²) in [5.74, 6) is -0.714. The van der Waals surface area contributed by atoms with Crippen molar-refractivity contribution in [3.05, 3.63) is 59.0 Å². The Hall–Kier alpha value is -2.17. The topological polar surface area (TPSA) is 49.3 Å². The van der Waals surface area contributed by atoms with Crippen molar-refractivity contribution < 1.29 is 9.90 Å². The van der Waals surface area contributed by atoms with E-state index in [1.54, 1.807) is 0 Å². The lowest BCUT2D eigenvalue weighted by molar-refractivity contribution is -0.137. The van der Waals surface area contributed by atoms with Crippen molar-refractivity contribution in [1.29, 1.82) is 0 Å². The molecule has 0 aliphatic heterocycles. The largest absolute Gasteiger partial charge is 0.481 e. The Bertz CT molecular complexity index is 885. The fourth-order valence-corrected chi connectivity index (χ4v) is 4.32. The number of aryl methyl sites for hydroxylation is 1. The fraction of sp³-hybridized carbons (Fsp3) is 0.318. The van der Waals surface area contributed by atoms with Crippen LogP contribution in [-0.4, -0.2) is 17.6 Å². The van der Waals surface area contributed by atoms with Crippen LogP contribution in [0.2, 0.25) is 0 Å². The number of fused-ring (bicyclic) bond motifs is 1. The first-order chi connectivity index (χ1) is 12.7. The summed E-state index contributed by atoms with van der Waals surface area (Å²) in [6.07, 6.45) is 2.91. The summed E-state index contributed by atoms with van der Waals surface area (Å²) in [5.41, 5.74) is 4.01. The number of rotatable bonds is 9. The van der Waals surface area contributed by atoms with Gasteiger partial charge < -0.3 is 10.4 Å². The average molecular weight is 368 g/mol. The van der Waals surface area contributed by atoms with E-state index >= 15 is 0 Å². The molecule has 2 aromatic carbocycles. The molecule has 0 amide bonds. The minimum Gasteiger partial charge on any atom is -0.481 e. The molecule has 0 saturated heterocycles. The van der Waals surface area contributed by atoms with Crippen LogP contribution in [0.4, 0.5) is 0 Å². The van der Waals surface area contributed by atoms with Gasteiger partial charge in [-0.2, -0.15) is 0 Å². The third-order valence-corrected chi connectivity index (χ3v) is 5.69. The summed E-state index contributed by atoms with van der Waals surface area (Å²) in [7, 11) is 0. The van der Waals surface area contributed by atoms with Crippen LogP contribution in [0.1, 0.15) is 36.6 Å². The van der Waals surface area contributed by atoms with Crippen molar-refractivity contribution in [2.75, 3.05) is 6.54 Å². The number of benzene rings is 2. The molecule has 4 heteroatoms. The third-order valence-electron chi connectivity index (χ3n) is 4.59.